The first-order chi connectivity index (χ1) is 8.74. The standard InChI is InChI=1S/C13H16N4O/c1-9-8-17(7-6-14-9)12-13(18)16-11-5-3-2-4-10(11)15-12/h2-5,9,14H,6-8H2,1H3,(H,16,18)/t9-/m1/s1. The number of nitrogens with zero attached hydrogens (tertiary/aromatic N) is 2. The molecular weight excluding hydrogens is 228 g/mol. The van der Waals surface area contributed by atoms with Crippen LogP contribution in [0.4, 0.5) is 5.82 Å². The van der Waals surface area contributed by atoms with Gasteiger partial charge >= 0.3 is 0 Å². The Morgan fingerprint density at radius 1 is 1.39 bits per heavy atom. The van der Waals surface area contributed by atoms with E-state index in [2.05, 4.69) is 22.2 Å². The van der Waals surface area contributed by atoms with E-state index in [1.807, 2.05) is 29.2 Å². The number of fused-ring (bicyclic) bond motifs is 1. The minimum atomic E-state index is -0.109. The molecule has 1 atom stereocenters. The Bertz CT molecular complexity index is 622. The van der Waals surface area contributed by atoms with Gasteiger partial charge < -0.3 is 15.2 Å². The summed E-state index contributed by atoms with van der Waals surface area (Å²) in [6, 6.07) is 7.99. The third kappa shape index (κ3) is 1.97. The second kappa shape index (κ2) is 4.42. The van der Waals surface area contributed by atoms with E-state index in [-0.39, 0.29) is 5.56 Å². The lowest BCUT2D eigenvalue weighted by Gasteiger charge is -2.32. The summed E-state index contributed by atoms with van der Waals surface area (Å²) in [7, 11) is 0. The van der Waals surface area contributed by atoms with Crippen LogP contribution in [-0.4, -0.2) is 35.6 Å². The maximum absolute atomic E-state index is 12.1. The Balaban J connectivity index is 2.05. The van der Waals surface area contributed by atoms with E-state index < -0.39 is 0 Å². The molecule has 1 saturated heterocycles. The SMILES string of the molecule is C[C@@H]1CN(c2nc3ccccc3[nH]c2=O)CCN1. The maximum atomic E-state index is 12.1. The molecule has 0 aliphatic carbocycles. The summed E-state index contributed by atoms with van der Waals surface area (Å²) in [6.07, 6.45) is 0. The van der Waals surface area contributed by atoms with Crippen molar-refractivity contribution in [2.75, 3.05) is 24.5 Å². The van der Waals surface area contributed by atoms with E-state index in [0.717, 1.165) is 30.7 Å². The van der Waals surface area contributed by atoms with Gasteiger partial charge in [-0.05, 0) is 19.1 Å². The molecule has 1 fully saturated rings. The van der Waals surface area contributed by atoms with Crippen LogP contribution in [0.15, 0.2) is 29.1 Å². The first kappa shape index (κ1) is 11.2. The molecule has 1 aliphatic heterocycles. The van der Waals surface area contributed by atoms with E-state index in [9.17, 15) is 4.79 Å². The van der Waals surface area contributed by atoms with Gasteiger partial charge in [-0.15, -0.1) is 0 Å². The summed E-state index contributed by atoms with van der Waals surface area (Å²) in [4.78, 5) is 21.5. The van der Waals surface area contributed by atoms with E-state index in [4.69, 9.17) is 0 Å². The molecule has 1 aromatic heterocycles. The van der Waals surface area contributed by atoms with Crippen molar-refractivity contribution in [2.45, 2.75) is 13.0 Å². The fourth-order valence-corrected chi connectivity index (χ4v) is 2.36. The summed E-state index contributed by atoms with van der Waals surface area (Å²) in [5.74, 6) is 0.530. The molecule has 94 valence electrons. The summed E-state index contributed by atoms with van der Waals surface area (Å²) in [5, 5.41) is 3.36. The first-order valence-electron chi connectivity index (χ1n) is 6.21. The number of H-pyrrole nitrogens is 1. The average molecular weight is 244 g/mol. The fraction of sp³-hybridized carbons (Fsp3) is 0.385. The van der Waals surface area contributed by atoms with Crippen molar-refractivity contribution in [2.24, 2.45) is 0 Å². The molecule has 0 saturated carbocycles. The van der Waals surface area contributed by atoms with Crippen LogP contribution in [0.5, 0.6) is 0 Å². The van der Waals surface area contributed by atoms with E-state index in [1.165, 1.54) is 0 Å². The first-order valence-corrected chi connectivity index (χ1v) is 6.21. The second-order valence-electron chi connectivity index (χ2n) is 4.71. The molecule has 0 amide bonds. The Morgan fingerprint density at radius 2 is 2.22 bits per heavy atom. The lowest BCUT2D eigenvalue weighted by molar-refractivity contribution is 0.481. The highest BCUT2D eigenvalue weighted by Crippen LogP contribution is 2.12. The third-order valence-electron chi connectivity index (χ3n) is 3.25. The number of aromatic amines is 1. The van der Waals surface area contributed by atoms with Crippen LogP contribution in [0.25, 0.3) is 11.0 Å². The molecule has 0 radical (unpaired) electrons. The minimum absolute atomic E-state index is 0.109. The molecule has 0 unspecified atom stereocenters. The van der Waals surface area contributed by atoms with Crippen molar-refractivity contribution in [3.05, 3.63) is 34.6 Å². The summed E-state index contributed by atoms with van der Waals surface area (Å²) < 4.78 is 0. The van der Waals surface area contributed by atoms with Gasteiger partial charge in [0.25, 0.3) is 5.56 Å². The number of para-hydroxylation sites is 2. The van der Waals surface area contributed by atoms with Gasteiger partial charge in [-0.3, -0.25) is 4.79 Å². The molecule has 3 rings (SSSR count). The molecule has 0 bridgehead atoms. The zero-order valence-corrected chi connectivity index (χ0v) is 10.3. The lowest BCUT2D eigenvalue weighted by atomic mass is 10.2. The summed E-state index contributed by atoms with van der Waals surface area (Å²) in [5.41, 5.74) is 1.51. The number of piperazine rings is 1. The molecular formula is C13H16N4O. The van der Waals surface area contributed by atoms with Gasteiger partial charge in [0, 0.05) is 25.7 Å². The molecule has 0 spiro atoms. The van der Waals surface area contributed by atoms with Crippen LogP contribution >= 0.6 is 0 Å². The predicted octanol–water partition coefficient (Wildman–Crippen LogP) is 0.721. The third-order valence-corrected chi connectivity index (χ3v) is 3.25. The van der Waals surface area contributed by atoms with Gasteiger partial charge in [0.2, 0.25) is 0 Å². The highest BCUT2D eigenvalue weighted by molar-refractivity contribution is 5.75. The van der Waals surface area contributed by atoms with Crippen LogP contribution in [0.1, 0.15) is 6.92 Å². The number of aromatic nitrogens is 2. The highest BCUT2D eigenvalue weighted by atomic mass is 16.1. The van der Waals surface area contributed by atoms with Crippen LogP contribution in [0.3, 0.4) is 0 Å². The molecule has 2 N–H and O–H groups in total. The highest BCUT2D eigenvalue weighted by Gasteiger charge is 2.19. The summed E-state index contributed by atoms with van der Waals surface area (Å²) >= 11 is 0. The number of benzene rings is 1. The zero-order chi connectivity index (χ0) is 12.5. The van der Waals surface area contributed by atoms with Crippen molar-refractivity contribution >= 4 is 16.9 Å². The van der Waals surface area contributed by atoms with Gasteiger partial charge in [-0.1, -0.05) is 12.1 Å². The Hall–Kier alpha value is -1.88. The Kier molecular flexibility index (Phi) is 2.76. The van der Waals surface area contributed by atoms with Crippen molar-refractivity contribution < 1.29 is 0 Å². The molecule has 5 heteroatoms. The van der Waals surface area contributed by atoms with Crippen LogP contribution in [-0.2, 0) is 0 Å². The Labute approximate surface area is 105 Å². The smallest absolute Gasteiger partial charge is 0.291 e. The number of hydrogen-bond acceptors (Lipinski definition) is 4. The summed E-state index contributed by atoms with van der Waals surface area (Å²) in [6.45, 7) is 4.63. The minimum Gasteiger partial charge on any atom is -0.349 e. The monoisotopic (exact) mass is 244 g/mol. The maximum Gasteiger partial charge on any atom is 0.291 e. The average Bonchev–Trinajstić information content (AvgIpc) is 2.38. The van der Waals surface area contributed by atoms with Gasteiger partial charge in [-0.2, -0.15) is 0 Å². The topological polar surface area (TPSA) is 61.0 Å². The van der Waals surface area contributed by atoms with Gasteiger partial charge in [0.15, 0.2) is 5.82 Å². The van der Waals surface area contributed by atoms with Crippen LogP contribution in [0, 0.1) is 0 Å². The number of rotatable bonds is 1. The molecule has 1 aliphatic rings. The normalized spacial score (nSPS) is 20.3. The van der Waals surface area contributed by atoms with E-state index in [0.29, 0.717) is 11.9 Å². The van der Waals surface area contributed by atoms with Crippen LogP contribution in [0.2, 0.25) is 0 Å². The van der Waals surface area contributed by atoms with E-state index >= 15 is 0 Å². The van der Waals surface area contributed by atoms with Crippen molar-refractivity contribution in [1.29, 1.82) is 0 Å². The number of hydrogen-bond donors (Lipinski definition) is 2. The van der Waals surface area contributed by atoms with Crippen molar-refractivity contribution in [3.8, 4) is 0 Å². The lowest BCUT2D eigenvalue weighted by Crippen LogP contribution is -2.50. The zero-order valence-electron chi connectivity index (χ0n) is 10.3. The van der Waals surface area contributed by atoms with Crippen molar-refractivity contribution in [1.82, 2.24) is 15.3 Å². The molecule has 1 aromatic carbocycles. The van der Waals surface area contributed by atoms with Gasteiger partial charge in [-0.25, -0.2) is 4.98 Å². The molecule has 18 heavy (non-hydrogen) atoms. The molecule has 2 heterocycles. The largest absolute Gasteiger partial charge is 0.349 e. The predicted molar refractivity (Wildman–Crippen MR) is 72.0 cm³/mol. The number of anilines is 1. The quantitative estimate of drug-likeness (QED) is 0.776. The van der Waals surface area contributed by atoms with Gasteiger partial charge in [0.1, 0.15) is 0 Å². The van der Waals surface area contributed by atoms with Crippen molar-refractivity contribution in [3.63, 3.8) is 0 Å². The second-order valence-corrected chi connectivity index (χ2v) is 4.71. The molecule has 5 nitrogen and oxygen atoms in total. The number of nitrogens with one attached hydrogen (secondary N) is 2. The Morgan fingerprint density at radius 3 is 3.06 bits per heavy atom. The van der Waals surface area contributed by atoms with E-state index in [1.54, 1.807) is 0 Å². The van der Waals surface area contributed by atoms with Crippen LogP contribution < -0.4 is 15.8 Å². The van der Waals surface area contributed by atoms with Gasteiger partial charge in [0.05, 0.1) is 11.0 Å². The molecule has 2 aromatic rings. The fourth-order valence-electron chi connectivity index (χ4n) is 2.36.